The minimum Gasteiger partial charge on any atom is -0.493 e. The molecule has 9 heteroatoms. The smallest absolute Gasteiger partial charge is 0.338 e. The molecule has 35 heavy (non-hydrogen) atoms. The summed E-state index contributed by atoms with van der Waals surface area (Å²) in [7, 11) is 2.99. The van der Waals surface area contributed by atoms with Crippen LogP contribution in [-0.2, 0) is 19.0 Å². The second-order valence-corrected chi connectivity index (χ2v) is 10.8. The van der Waals surface area contributed by atoms with E-state index in [4.69, 9.17) is 23.7 Å². The van der Waals surface area contributed by atoms with Gasteiger partial charge in [0.1, 0.15) is 18.3 Å². The molecule has 2 saturated carbocycles. The molecule has 2 N–H and O–H groups in total. The predicted octanol–water partition coefficient (Wildman–Crippen LogP) is 2.50. The van der Waals surface area contributed by atoms with Crippen LogP contribution in [0.5, 0.6) is 11.5 Å². The highest BCUT2D eigenvalue weighted by Crippen LogP contribution is 2.64. The number of hydrogen-bond donors (Lipinski definition) is 2. The minimum absolute atomic E-state index is 0.121. The summed E-state index contributed by atoms with van der Waals surface area (Å²) in [5, 5.41) is 23.5. The molecule has 0 unspecified atom stereocenters. The largest absolute Gasteiger partial charge is 0.493 e. The van der Waals surface area contributed by atoms with E-state index in [0.29, 0.717) is 11.5 Å². The third-order valence-corrected chi connectivity index (χ3v) is 8.44. The second-order valence-electron chi connectivity index (χ2n) is 10.8. The van der Waals surface area contributed by atoms with Crippen molar-refractivity contribution in [1.29, 1.82) is 0 Å². The van der Waals surface area contributed by atoms with E-state index in [-0.39, 0.29) is 24.3 Å². The third-order valence-electron chi connectivity index (χ3n) is 8.44. The lowest BCUT2D eigenvalue weighted by Gasteiger charge is -2.45. The fraction of sp³-hybridized carbons (Fsp3) is 0.692. The first-order valence-electron chi connectivity index (χ1n) is 12.0. The number of benzene rings is 1. The van der Waals surface area contributed by atoms with E-state index in [1.54, 1.807) is 19.1 Å². The van der Waals surface area contributed by atoms with Crippen molar-refractivity contribution in [3.63, 3.8) is 0 Å². The second kappa shape index (κ2) is 8.64. The molecule has 3 aliphatic rings. The van der Waals surface area contributed by atoms with Crippen molar-refractivity contribution < 1.29 is 43.5 Å². The highest BCUT2D eigenvalue weighted by Gasteiger charge is 2.75. The lowest BCUT2D eigenvalue weighted by atomic mass is 9.66. The molecule has 1 heterocycles. The van der Waals surface area contributed by atoms with Crippen molar-refractivity contribution in [2.75, 3.05) is 14.2 Å². The number of methoxy groups -OCH3 is 2. The van der Waals surface area contributed by atoms with Gasteiger partial charge in [0.05, 0.1) is 37.1 Å². The summed E-state index contributed by atoms with van der Waals surface area (Å²) in [5.41, 5.74) is -2.93. The van der Waals surface area contributed by atoms with Crippen LogP contribution < -0.4 is 9.47 Å². The Bertz CT molecular complexity index is 1010. The van der Waals surface area contributed by atoms with Gasteiger partial charge in [-0.2, -0.15) is 0 Å². The van der Waals surface area contributed by atoms with E-state index in [0.717, 1.165) is 0 Å². The van der Waals surface area contributed by atoms with Gasteiger partial charge in [-0.3, -0.25) is 4.79 Å². The van der Waals surface area contributed by atoms with Gasteiger partial charge in [0.25, 0.3) is 0 Å². The van der Waals surface area contributed by atoms with Crippen molar-refractivity contribution in [1.82, 2.24) is 0 Å². The van der Waals surface area contributed by atoms with Crippen molar-refractivity contribution in [3.8, 4) is 11.5 Å². The molecular weight excluding hydrogens is 456 g/mol. The number of fused-ring (bicyclic) bond motifs is 2. The first-order chi connectivity index (χ1) is 16.3. The number of aliphatic hydroxyl groups excluding tert-OH is 1. The summed E-state index contributed by atoms with van der Waals surface area (Å²) < 4.78 is 28.2. The third kappa shape index (κ3) is 3.97. The number of carbonyl (C=O) groups is 2. The van der Waals surface area contributed by atoms with Crippen LogP contribution in [-0.4, -0.2) is 72.0 Å². The van der Waals surface area contributed by atoms with Gasteiger partial charge in [0.15, 0.2) is 11.5 Å². The molecule has 0 amide bonds. The quantitative estimate of drug-likeness (QED) is 0.455. The molecule has 1 aliphatic heterocycles. The average molecular weight is 493 g/mol. The van der Waals surface area contributed by atoms with E-state index >= 15 is 0 Å². The van der Waals surface area contributed by atoms with Crippen molar-refractivity contribution in [2.45, 2.75) is 83.1 Å². The van der Waals surface area contributed by atoms with Crippen molar-refractivity contribution in [3.05, 3.63) is 23.8 Å². The first-order valence-corrected chi connectivity index (χ1v) is 12.0. The molecule has 4 rings (SSSR count). The van der Waals surface area contributed by atoms with Gasteiger partial charge in [0, 0.05) is 31.1 Å². The first kappa shape index (κ1) is 25.7. The van der Waals surface area contributed by atoms with Crippen LogP contribution >= 0.6 is 0 Å². The van der Waals surface area contributed by atoms with Crippen LogP contribution in [0.2, 0.25) is 0 Å². The molecule has 1 aromatic carbocycles. The number of esters is 2. The van der Waals surface area contributed by atoms with Crippen LogP contribution in [0.25, 0.3) is 0 Å². The van der Waals surface area contributed by atoms with Crippen LogP contribution in [0, 0.1) is 17.3 Å². The van der Waals surface area contributed by atoms with Crippen LogP contribution in [0.1, 0.15) is 57.8 Å². The zero-order valence-corrected chi connectivity index (χ0v) is 21.4. The summed E-state index contributed by atoms with van der Waals surface area (Å²) in [6.45, 7) is 8.71. The molecule has 0 spiro atoms. The molecule has 1 saturated heterocycles. The molecule has 9 nitrogen and oxygen atoms in total. The summed E-state index contributed by atoms with van der Waals surface area (Å²) >= 11 is 0. The average Bonchev–Trinajstić information content (AvgIpc) is 3.40. The van der Waals surface area contributed by atoms with E-state index in [1.165, 1.54) is 27.2 Å². The number of epoxide rings is 1. The topological polar surface area (TPSA) is 124 Å². The molecule has 194 valence electrons. The van der Waals surface area contributed by atoms with Crippen molar-refractivity contribution >= 4 is 11.9 Å². The molecule has 3 fully saturated rings. The molecular formula is C26H36O9. The van der Waals surface area contributed by atoms with E-state index in [1.807, 2.05) is 20.8 Å². The maximum Gasteiger partial charge on any atom is 0.338 e. The SMILES string of the molecule is COc1ccc(C(=O)O[C@@H]2C[C@]3(C)O[C@@H]3[C@H](O)[C@@]3(C)[C@H](OC(C)=O)C[C@](O)(C(C)C)[C@@H]23)cc1OC. The lowest BCUT2D eigenvalue weighted by molar-refractivity contribution is -0.168. The maximum atomic E-state index is 13.3. The van der Waals surface area contributed by atoms with E-state index in [2.05, 4.69) is 0 Å². The Balaban J connectivity index is 1.76. The molecule has 8 atom stereocenters. The summed E-state index contributed by atoms with van der Waals surface area (Å²) in [5.74, 6) is -1.20. The molecule has 0 bridgehead atoms. The Morgan fingerprint density at radius 3 is 2.31 bits per heavy atom. The van der Waals surface area contributed by atoms with Gasteiger partial charge in [-0.25, -0.2) is 4.79 Å². The van der Waals surface area contributed by atoms with Gasteiger partial charge >= 0.3 is 11.9 Å². The van der Waals surface area contributed by atoms with Gasteiger partial charge in [-0.15, -0.1) is 0 Å². The van der Waals surface area contributed by atoms with E-state index < -0.39 is 58.9 Å². The molecule has 0 radical (unpaired) electrons. The van der Waals surface area contributed by atoms with Crippen LogP contribution in [0.15, 0.2) is 18.2 Å². The van der Waals surface area contributed by atoms with Gasteiger partial charge in [-0.1, -0.05) is 20.8 Å². The van der Waals surface area contributed by atoms with Crippen LogP contribution in [0.3, 0.4) is 0 Å². The van der Waals surface area contributed by atoms with Gasteiger partial charge in [-0.05, 0) is 31.0 Å². The highest BCUT2D eigenvalue weighted by atomic mass is 16.6. The molecule has 2 aliphatic carbocycles. The Morgan fingerprint density at radius 2 is 1.74 bits per heavy atom. The Morgan fingerprint density at radius 1 is 1.09 bits per heavy atom. The maximum absolute atomic E-state index is 13.3. The van der Waals surface area contributed by atoms with E-state index in [9.17, 15) is 19.8 Å². The fourth-order valence-electron chi connectivity index (χ4n) is 6.38. The normalized spacial score (nSPS) is 39.8. The monoisotopic (exact) mass is 492 g/mol. The fourth-order valence-corrected chi connectivity index (χ4v) is 6.38. The summed E-state index contributed by atoms with van der Waals surface area (Å²) in [4.78, 5) is 25.3. The van der Waals surface area contributed by atoms with Gasteiger partial charge < -0.3 is 33.9 Å². The Kier molecular flexibility index (Phi) is 6.35. The Labute approximate surface area is 205 Å². The lowest BCUT2D eigenvalue weighted by Crippen LogP contribution is -2.55. The summed E-state index contributed by atoms with van der Waals surface area (Å²) in [6, 6.07) is 4.74. The molecule has 0 aromatic heterocycles. The Hall–Kier alpha value is -2.36. The van der Waals surface area contributed by atoms with Crippen molar-refractivity contribution in [2.24, 2.45) is 17.3 Å². The minimum atomic E-state index is -1.36. The highest BCUT2D eigenvalue weighted by molar-refractivity contribution is 5.90. The number of carbonyl (C=O) groups excluding carboxylic acids is 2. The van der Waals surface area contributed by atoms with Gasteiger partial charge in [0.2, 0.25) is 0 Å². The molecule has 1 aromatic rings. The van der Waals surface area contributed by atoms with Crippen LogP contribution in [0.4, 0.5) is 0 Å². The number of ether oxygens (including phenoxy) is 5. The zero-order valence-electron chi connectivity index (χ0n) is 21.4. The number of rotatable bonds is 6. The number of aliphatic hydroxyl groups is 2. The summed E-state index contributed by atoms with van der Waals surface area (Å²) in [6.07, 6.45) is -2.72. The predicted molar refractivity (Wildman–Crippen MR) is 124 cm³/mol. The number of hydrogen-bond acceptors (Lipinski definition) is 9. The zero-order chi connectivity index (χ0) is 25.9. The standard InChI is InChI=1S/C26H36O9/c1-13(2)26(30)12-19(33-14(3)27)25(5)20(26)18(11-24(4)22(35-24)21(25)28)34-23(29)15-8-9-16(31-6)17(10-15)32-7/h8-10,13,18-22,28,30H,11-12H2,1-7H3/t18-,19-,20+,21+,22-,24+,25+,26+/m1/s1.